The van der Waals surface area contributed by atoms with E-state index in [2.05, 4.69) is 15.6 Å². The molecule has 1 amide bonds. The molecule has 0 radical (unpaired) electrons. The van der Waals surface area contributed by atoms with Gasteiger partial charge in [-0.15, -0.1) is 0 Å². The number of nitrogens with one attached hydrogen (secondary N) is 1. The maximum atomic E-state index is 12.7. The number of hydrogen-bond acceptors (Lipinski definition) is 9. The van der Waals surface area contributed by atoms with Crippen LogP contribution in [0.1, 0.15) is 47.2 Å². The summed E-state index contributed by atoms with van der Waals surface area (Å²) in [5.41, 5.74) is 2.67. The number of para-hydroxylation sites is 2. The lowest BCUT2D eigenvalue weighted by Gasteiger charge is -2.13. The highest BCUT2D eigenvalue weighted by Crippen LogP contribution is 2.25. The van der Waals surface area contributed by atoms with E-state index in [0.717, 1.165) is 0 Å². The highest BCUT2D eigenvalue weighted by atomic mass is 16.6. The number of nitrogens with zero attached hydrogens (tertiary/aromatic N) is 5. The minimum absolute atomic E-state index is 0.0818. The third-order valence-electron chi connectivity index (χ3n) is 5.35. The lowest BCUT2D eigenvalue weighted by Crippen LogP contribution is -2.29. The molecule has 0 spiro atoms. The van der Waals surface area contributed by atoms with Gasteiger partial charge in [0.05, 0.1) is 15.6 Å². The van der Waals surface area contributed by atoms with Crippen molar-refractivity contribution in [2.24, 2.45) is 5.10 Å². The quantitative estimate of drug-likeness (QED) is 0.162. The first-order valence-electron chi connectivity index (χ1n) is 10.6. The number of hydrazone groups is 1. The molecule has 1 atom stereocenters. The average molecular weight is 494 g/mol. The van der Waals surface area contributed by atoms with Gasteiger partial charge in [0.15, 0.2) is 0 Å². The molecule has 0 aliphatic rings. The molecule has 0 aliphatic heterocycles. The van der Waals surface area contributed by atoms with Crippen LogP contribution in [0.5, 0.6) is 5.75 Å². The number of aryl methyl sites for hydroxylation is 1. The van der Waals surface area contributed by atoms with Gasteiger partial charge in [0.25, 0.3) is 11.6 Å². The highest BCUT2D eigenvalue weighted by molar-refractivity contribution is 6.03. The molecule has 0 fully saturated rings. The van der Waals surface area contributed by atoms with Gasteiger partial charge in [-0.2, -0.15) is 10.2 Å². The topological polar surface area (TPSA) is 172 Å². The summed E-state index contributed by atoms with van der Waals surface area (Å²) in [7, 11) is 0. The van der Waals surface area contributed by atoms with Crippen LogP contribution in [0.2, 0.25) is 0 Å². The Balaban J connectivity index is 1.80. The lowest BCUT2D eigenvalue weighted by molar-refractivity contribution is -0.386. The number of aromatic nitrogens is 2. The molecule has 1 N–H and O–H groups in total. The van der Waals surface area contributed by atoms with Gasteiger partial charge in [-0.05, 0) is 45.9 Å². The van der Waals surface area contributed by atoms with E-state index in [1.54, 1.807) is 25.1 Å². The van der Waals surface area contributed by atoms with E-state index in [-0.39, 0.29) is 34.1 Å². The summed E-state index contributed by atoms with van der Waals surface area (Å²) in [6.45, 7) is 6.07. The number of carbonyl (C=O) groups is 2. The minimum Gasteiger partial charge on any atom is -0.422 e. The Kier molecular flexibility index (Phi) is 7.52. The van der Waals surface area contributed by atoms with Crippen LogP contribution in [-0.4, -0.2) is 37.2 Å². The number of carbonyl (C=O) groups excluding carboxylic acids is 2. The van der Waals surface area contributed by atoms with E-state index in [9.17, 15) is 29.8 Å². The second kappa shape index (κ2) is 10.5. The molecule has 13 heteroatoms. The van der Waals surface area contributed by atoms with Gasteiger partial charge < -0.3 is 4.74 Å². The standard InChI is InChI=1S/C23H22N6O7/c1-13(24-25-22(30)16(4)27-15(3)21(29(34)35)14(2)26-27)17-9-6-8-12-20(17)36-23(31)18-10-5-7-11-19(18)28(32)33/h5-12,16H,1-4H3,(H,25,30)/b24-13+. The maximum Gasteiger partial charge on any atom is 0.350 e. The maximum absolute atomic E-state index is 12.7. The molecule has 0 saturated heterocycles. The summed E-state index contributed by atoms with van der Waals surface area (Å²) in [6, 6.07) is 10.9. The van der Waals surface area contributed by atoms with E-state index in [4.69, 9.17) is 4.74 Å². The van der Waals surface area contributed by atoms with Gasteiger partial charge in [0.1, 0.15) is 28.7 Å². The number of esters is 1. The Labute approximate surface area is 204 Å². The molecule has 186 valence electrons. The summed E-state index contributed by atoms with van der Waals surface area (Å²) < 4.78 is 6.65. The molecule has 2 aromatic carbocycles. The fourth-order valence-corrected chi connectivity index (χ4v) is 3.51. The summed E-state index contributed by atoms with van der Waals surface area (Å²) >= 11 is 0. The van der Waals surface area contributed by atoms with Gasteiger partial charge in [-0.3, -0.25) is 29.7 Å². The number of nitro benzene ring substituents is 1. The zero-order valence-corrected chi connectivity index (χ0v) is 19.8. The van der Waals surface area contributed by atoms with Crippen molar-refractivity contribution in [3.05, 3.63) is 91.3 Å². The van der Waals surface area contributed by atoms with Gasteiger partial charge >= 0.3 is 11.7 Å². The van der Waals surface area contributed by atoms with Crippen molar-refractivity contribution in [2.45, 2.75) is 33.7 Å². The Morgan fingerprint density at radius 1 is 1.03 bits per heavy atom. The van der Waals surface area contributed by atoms with E-state index in [1.807, 2.05) is 0 Å². The lowest BCUT2D eigenvalue weighted by atomic mass is 10.1. The largest absolute Gasteiger partial charge is 0.422 e. The molecular formula is C23H22N6O7. The number of ether oxygens (including phenoxy) is 1. The number of benzene rings is 2. The van der Waals surface area contributed by atoms with Crippen LogP contribution in [0.3, 0.4) is 0 Å². The zero-order chi connectivity index (χ0) is 26.6. The molecule has 13 nitrogen and oxygen atoms in total. The normalized spacial score (nSPS) is 12.1. The van der Waals surface area contributed by atoms with Gasteiger partial charge in [-0.1, -0.05) is 24.3 Å². The van der Waals surface area contributed by atoms with Crippen molar-refractivity contribution in [2.75, 3.05) is 0 Å². The summed E-state index contributed by atoms with van der Waals surface area (Å²) in [6.07, 6.45) is 0. The third-order valence-corrected chi connectivity index (χ3v) is 5.35. The monoisotopic (exact) mass is 494 g/mol. The van der Waals surface area contributed by atoms with Crippen molar-refractivity contribution in [1.29, 1.82) is 0 Å². The molecule has 1 aromatic heterocycles. The summed E-state index contributed by atoms with van der Waals surface area (Å²) in [5, 5.41) is 30.6. The minimum atomic E-state index is -0.925. The summed E-state index contributed by atoms with van der Waals surface area (Å²) in [5.74, 6) is -1.42. The second-order valence-electron chi connectivity index (χ2n) is 7.73. The van der Waals surface area contributed by atoms with Gasteiger partial charge in [0, 0.05) is 11.6 Å². The Morgan fingerprint density at radius 3 is 2.25 bits per heavy atom. The fraction of sp³-hybridized carbons (Fsp3) is 0.217. The highest BCUT2D eigenvalue weighted by Gasteiger charge is 2.27. The smallest absolute Gasteiger partial charge is 0.350 e. The molecule has 1 unspecified atom stereocenters. The zero-order valence-electron chi connectivity index (χ0n) is 19.8. The van der Waals surface area contributed by atoms with Gasteiger partial charge in [-0.25, -0.2) is 10.2 Å². The third kappa shape index (κ3) is 5.24. The van der Waals surface area contributed by atoms with Crippen LogP contribution in [0.4, 0.5) is 11.4 Å². The molecule has 3 aromatic rings. The Morgan fingerprint density at radius 2 is 1.64 bits per heavy atom. The van der Waals surface area contributed by atoms with Crippen LogP contribution >= 0.6 is 0 Å². The number of amides is 1. The molecule has 36 heavy (non-hydrogen) atoms. The van der Waals surface area contributed by atoms with Crippen molar-refractivity contribution in [3.63, 3.8) is 0 Å². The van der Waals surface area contributed by atoms with E-state index >= 15 is 0 Å². The second-order valence-corrected chi connectivity index (χ2v) is 7.73. The van der Waals surface area contributed by atoms with E-state index < -0.39 is 33.5 Å². The Hall–Kier alpha value is -4.94. The molecular weight excluding hydrogens is 472 g/mol. The SMILES string of the molecule is C/C(=N\NC(=O)C(C)n1nc(C)c([N+](=O)[O-])c1C)c1ccccc1OC(=O)c1ccccc1[N+](=O)[O-]. The van der Waals surface area contributed by atoms with E-state index in [1.165, 1.54) is 55.8 Å². The van der Waals surface area contributed by atoms with Crippen molar-refractivity contribution in [3.8, 4) is 5.75 Å². The molecule has 0 bridgehead atoms. The number of rotatable bonds is 8. The van der Waals surface area contributed by atoms with Crippen molar-refractivity contribution < 1.29 is 24.2 Å². The van der Waals surface area contributed by atoms with E-state index in [0.29, 0.717) is 5.56 Å². The first kappa shape index (κ1) is 25.7. The van der Waals surface area contributed by atoms with Gasteiger partial charge in [0.2, 0.25) is 0 Å². The molecule has 0 saturated carbocycles. The molecule has 3 rings (SSSR count). The average Bonchev–Trinajstić information content (AvgIpc) is 3.15. The van der Waals surface area contributed by atoms with Crippen LogP contribution in [0.25, 0.3) is 0 Å². The fourth-order valence-electron chi connectivity index (χ4n) is 3.51. The molecule has 0 aliphatic carbocycles. The first-order chi connectivity index (χ1) is 17.0. The summed E-state index contributed by atoms with van der Waals surface area (Å²) in [4.78, 5) is 46.6. The predicted molar refractivity (Wildman–Crippen MR) is 128 cm³/mol. The van der Waals surface area contributed by atoms with Crippen LogP contribution in [-0.2, 0) is 4.79 Å². The van der Waals surface area contributed by atoms with Crippen molar-refractivity contribution in [1.82, 2.24) is 15.2 Å². The number of nitro groups is 2. The molecule has 1 heterocycles. The van der Waals surface area contributed by atoms with Crippen LogP contribution < -0.4 is 10.2 Å². The predicted octanol–water partition coefficient (Wildman–Crippen LogP) is 3.64. The Bertz CT molecular complexity index is 1400. The van der Waals surface area contributed by atoms with Crippen LogP contribution in [0, 0.1) is 34.1 Å². The van der Waals surface area contributed by atoms with Crippen molar-refractivity contribution >= 4 is 29.0 Å². The number of hydrogen-bond donors (Lipinski definition) is 1. The van der Waals surface area contributed by atoms with Crippen LogP contribution in [0.15, 0.2) is 53.6 Å². The first-order valence-corrected chi connectivity index (χ1v) is 10.6.